The summed E-state index contributed by atoms with van der Waals surface area (Å²) >= 11 is 0. The van der Waals surface area contributed by atoms with Crippen LogP contribution < -0.4 is 4.90 Å². The quantitative estimate of drug-likeness (QED) is 0.838. The van der Waals surface area contributed by atoms with Gasteiger partial charge < -0.3 is 4.90 Å². The van der Waals surface area contributed by atoms with Crippen LogP contribution in [0.25, 0.3) is 0 Å². The van der Waals surface area contributed by atoms with Gasteiger partial charge in [0.2, 0.25) is 16.0 Å². The molecule has 0 saturated carbocycles. The van der Waals surface area contributed by atoms with Crippen LogP contribution in [0.2, 0.25) is 0 Å². The fourth-order valence-electron chi connectivity index (χ4n) is 3.90. The molecular weight excluding hydrogens is 336 g/mol. The predicted octanol–water partition coefficient (Wildman–Crippen LogP) is 1.85. The third-order valence-electron chi connectivity index (χ3n) is 5.09. The third-order valence-corrected chi connectivity index (χ3v) is 6.93. The SMILES string of the molecule is Cc1cc(C)nc(N2CC3CN(S(=O)(=O)c4ccccc4)CC3C2)n1. The van der Waals surface area contributed by atoms with E-state index in [0.29, 0.717) is 29.8 Å². The highest BCUT2D eigenvalue weighted by molar-refractivity contribution is 7.89. The van der Waals surface area contributed by atoms with E-state index in [-0.39, 0.29) is 0 Å². The summed E-state index contributed by atoms with van der Waals surface area (Å²) in [6.45, 7) is 6.72. The lowest BCUT2D eigenvalue weighted by atomic mass is 10.0. The van der Waals surface area contributed by atoms with Gasteiger partial charge in [0.15, 0.2) is 0 Å². The molecular formula is C18H22N4O2S. The van der Waals surface area contributed by atoms with Crippen molar-refractivity contribution in [2.45, 2.75) is 18.7 Å². The summed E-state index contributed by atoms with van der Waals surface area (Å²) in [5.41, 5.74) is 1.93. The van der Waals surface area contributed by atoms with Crippen LogP contribution in [-0.2, 0) is 10.0 Å². The average Bonchev–Trinajstić information content (AvgIpc) is 3.14. The van der Waals surface area contributed by atoms with E-state index in [4.69, 9.17) is 0 Å². The summed E-state index contributed by atoms with van der Waals surface area (Å²) in [5, 5.41) is 0. The van der Waals surface area contributed by atoms with Crippen molar-refractivity contribution in [3.63, 3.8) is 0 Å². The Labute approximate surface area is 148 Å². The van der Waals surface area contributed by atoms with Crippen LogP contribution in [0.4, 0.5) is 5.95 Å². The normalized spacial score (nSPS) is 23.8. The van der Waals surface area contributed by atoms with Gasteiger partial charge in [-0.25, -0.2) is 18.4 Å². The number of hydrogen-bond acceptors (Lipinski definition) is 5. The zero-order valence-corrected chi connectivity index (χ0v) is 15.3. The summed E-state index contributed by atoms with van der Waals surface area (Å²) in [5.74, 6) is 1.44. The summed E-state index contributed by atoms with van der Waals surface area (Å²) in [6.07, 6.45) is 0. The van der Waals surface area contributed by atoms with Crippen LogP contribution in [0.3, 0.4) is 0 Å². The lowest BCUT2D eigenvalue weighted by Gasteiger charge is -2.22. The maximum Gasteiger partial charge on any atom is 0.243 e. The van der Waals surface area contributed by atoms with Crippen molar-refractivity contribution in [3.05, 3.63) is 47.8 Å². The Morgan fingerprint density at radius 1 is 0.920 bits per heavy atom. The molecule has 132 valence electrons. The monoisotopic (exact) mass is 358 g/mol. The third kappa shape index (κ3) is 3.02. The minimum Gasteiger partial charge on any atom is -0.340 e. The van der Waals surface area contributed by atoms with E-state index >= 15 is 0 Å². The molecule has 2 saturated heterocycles. The van der Waals surface area contributed by atoms with E-state index in [1.54, 1.807) is 28.6 Å². The molecule has 0 radical (unpaired) electrons. The van der Waals surface area contributed by atoms with Crippen LogP contribution >= 0.6 is 0 Å². The number of hydrogen-bond donors (Lipinski definition) is 0. The maximum absolute atomic E-state index is 12.8. The molecule has 0 bridgehead atoms. The maximum atomic E-state index is 12.8. The second kappa shape index (κ2) is 6.07. The molecule has 4 rings (SSSR count). The number of nitrogens with zero attached hydrogens (tertiary/aromatic N) is 4. The molecule has 3 heterocycles. The Morgan fingerprint density at radius 2 is 1.48 bits per heavy atom. The van der Waals surface area contributed by atoms with Gasteiger partial charge in [-0.2, -0.15) is 4.31 Å². The number of rotatable bonds is 3. The zero-order chi connectivity index (χ0) is 17.6. The molecule has 7 heteroatoms. The van der Waals surface area contributed by atoms with E-state index in [9.17, 15) is 8.42 Å². The molecule has 1 aromatic carbocycles. The molecule has 2 aromatic rings. The Morgan fingerprint density at radius 3 is 2.04 bits per heavy atom. The molecule has 1 aromatic heterocycles. The second-order valence-corrected chi connectivity index (χ2v) is 8.95. The van der Waals surface area contributed by atoms with Gasteiger partial charge in [0, 0.05) is 37.6 Å². The molecule has 0 N–H and O–H groups in total. The molecule has 2 atom stereocenters. The number of sulfonamides is 1. The summed E-state index contributed by atoms with van der Waals surface area (Å²) in [7, 11) is -3.39. The molecule has 2 aliphatic rings. The fourth-order valence-corrected chi connectivity index (χ4v) is 5.47. The van der Waals surface area contributed by atoms with E-state index in [1.165, 1.54) is 0 Å². The van der Waals surface area contributed by atoms with Crippen molar-refractivity contribution in [1.29, 1.82) is 0 Å². The van der Waals surface area contributed by atoms with Crippen LogP contribution in [0.5, 0.6) is 0 Å². The molecule has 0 amide bonds. The van der Waals surface area contributed by atoms with Gasteiger partial charge in [0.25, 0.3) is 0 Å². The number of anilines is 1. The highest BCUT2D eigenvalue weighted by Crippen LogP contribution is 2.35. The Balaban J connectivity index is 1.49. The lowest BCUT2D eigenvalue weighted by molar-refractivity contribution is 0.453. The molecule has 0 aliphatic carbocycles. The minimum absolute atomic E-state index is 0.336. The van der Waals surface area contributed by atoms with Gasteiger partial charge in [0.1, 0.15) is 0 Å². The van der Waals surface area contributed by atoms with Gasteiger partial charge in [-0.3, -0.25) is 0 Å². The van der Waals surface area contributed by atoms with E-state index in [1.807, 2.05) is 26.0 Å². The van der Waals surface area contributed by atoms with E-state index in [0.717, 1.165) is 30.4 Å². The van der Waals surface area contributed by atoms with Crippen LogP contribution in [0, 0.1) is 25.7 Å². The van der Waals surface area contributed by atoms with Gasteiger partial charge in [-0.05, 0) is 43.9 Å². The fraction of sp³-hybridized carbons (Fsp3) is 0.444. The molecule has 2 fully saturated rings. The first-order chi connectivity index (χ1) is 11.9. The number of fused-ring (bicyclic) bond motifs is 1. The van der Waals surface area contributed by atoms with Crippen molar-refractivity contribution in [2.75, 3.05) is 31.1 Å². The highest BCUT2D eigenvalue weighted by Gasteiger charge is 2.44. The highest BCUT2D eigenvalue weighted by atomic mass is 32.2. The van der Waals surface area contributed by atoms with Crippen molar-refractivity contribution >= 4 is 16.0 Å². The summed E-state index contributed by atoms with van der Waals surface area (Å²) in [4.78, 5) is 11.7. The first-order valence-corrected chi connectivity index (χ1v) is 10.00. The first kappa shape index (κ1) is 16.5. The van der Waals surface area contributed by atoms with E-state index < -0.39 is 10.0 Å². The van der Waals surface area contributed by atoms with E-state index in [2.05, 4.69) is 14.9 Å². The molecule has 0 spiro atoms. The lowest BCUT2D eigenvalue weighted by Crippen LogP contribution is -2.33. The van der Waals surface area contributed by atoms with Crippen molar-refractivity contribution in [2.24, 2.45) is 11.8 Å². The van der Waals surface area contributed by atoms with Gasteiger partial charge in [-0.15, -0.1) is 0 Å². The van der Waals surface area contributed by atoms with Gasteiger partial charge >= 0.3 is 0 Å². The van der Waals surface area contributed by atoms with Crippen LogP contribution in [0.15, 0.2) is 41.3 Å². The molecule has 2 aliphatic heterocycles. The van der Waals surface area contributed by atoms with Gasteiger partial charge in [-0.1, -0.05) is 18.2 Å². The van der Waals surface area contributed by atoms with Crippen molar-refractivity contribution in [1.82, 2.24) is 14.3 Å². The van der Waals surface area contributed by atoms with Crippen molar-refractivity contribution < 1.29 is 8.42 Å². The topological polar surface area (TPSA) is 66.4 Å². The predicted molar refractivity (Wildman–Crippen MR) is 95.9 cm³/mol. The zero-order valence-electron chi connectivity index (χ0n) is 14.5. The molecule has 6 nitrogen and oxygen atoms in total. The number of benzene rings is 1. The van der Waals surface area contributed by atoms with Crippen molar-refractivity contribution in [3.8, 4) is 0 Å². The number of aryl methyl sites for hydroxylation is 2. The first-order valence-electron chi connectivity index (χ1n) is 8.56. The smallest absolute Gasteiger partial charge is 0.243 e. The largest absolute Gasteiger partial charge is 0.340 e. The molecule has 25 heavy (non-hydrogen) atoms. The minimum atomic E-state index is -3.39. The second-order valence-electron chi connectivity index (χ2n) is 7.01. The standard InChI is InChI=1S/C18H22N4O2S/c1-13-8-14(2)20-18(19-13)21-9-15-11-22(12-16(15)10-21)25(23,24)17-6-4-3-5-7-17/h3-8,15-16H,9-12H2,1-2H3. The number of aromatic nitrogens is 2. The van der Waals surface area contributed by atoms with Crippen LogP contribution in [0.1, 0.15) is 11.4 Å². The summed E-state index contributed by atoms with van der Waals surface area (Å²) < 4.78 is 27.2. The Kier molecular flexibility index (Phi) is 4.00. The molecule has 2 unspecified atom stereocenters. The Bertz CT molecular complexity index is 851. The Hall–Kier alpha value is -1.99. The summed E-state index contributed by atoms with van der Waals surface area (Å²) in [6, 6.07) is 10.7. The average molecular weight is 358 g/mol. The van der Waals surface area contributed by atoms with Crippen LogP contribution in [-0.4, -0.2) is 48.9 Å². The van der Waals surface area contributed by atoms with Gasteiger partial charge in [0.05, 0.1) is 4.90 Å².